The lowest BCUT2D eigenvalue weighted by atomic mass is 9.85. The van der Waals surface area contributed by atoms with Crippen LogP contribution in [0.3, 0.4) is 0 Å². The van der Waals surface area contributed by atoms with Gasteiger partial charge in [-0.2, -0.15) is 0 Å². The van der Waals surface area contributed by atoms with Crippen molar-refractivity contribution < 1.29 is 9.84 Å². The second-order valence-corrected chi connectivity index (χ2v) is 6.51. The molecule has 2 aromatic rings. The van der Waals surface area contributed by atoms with Gasteiger partial charge in [-0.1, -0.05) is 5.92 Å². The number of rotatable bonds is 5. The summed E-state index contributed by atoms with van der Waals surface area (Å²) in [4.78, 5) is 4.37. The molecule has 0 aliphatic heterocycles. The Bertz CT molecular complexity index is 741. The summed E-state index contributed by atoms with van der Waals surface area (Å²) in [5, 5.41) is 17.6. The number of ether oxygens (including phenoxy) is 1. The van der Waals surface area contributed by atoms with Crippen LogP contribution in [0.2, 0.25) is 0 Å². The van der Waals surface area contributed by atoms with Crippen LogP contribution < -0.4 is 5.32 Å². The second kappa shape index (κ2) is 7.20. The zero-order valence-corrected chi connectivity index (χ0v) is 14.2. The number of aromatic nitrogens is 3. The molecule has 0 aromatic carbocycles. The van der Waals surface area contributed by atoms with Gasteiger partial charge < -0.3 is 15.2 Å². The highest BCUT2D eigenvalue weighted by Crippen LogP contribution is 2.34. The van der Waals surface area contributed by atoms with Gasteiger partial charge in [-0.25, -0.2) is 9.50 Å². The van der Waals surface area contributed by atoms with Gasteiger partial charge in [0.15, 0.2) is 0 Å². The van der Waals surface area contributed by atoms with Crippen molar-refractivity contribution >= 4 is 11.5 Å². The van der Waals surface area contributed by atoms with Gasteiger partial charge in [-0.3, -0.25) is 0 Å². The summed E-state index contributed by atoms with van der Waals surface area (Å²) in [5.41, 5.74) is 2.77. The standard InChI is InChI=1S/C18H24N4O2/c1-4-13-9-16(14-5-7-15(23)8-6-14)22-17(13)10-19-18(21-22)20-12(2)11-24-3/h1,9-10,12,14-15,23H,5-8,11H2,2-3H3,(H,20,21). The number of aliphatic hydroxyl groups excluding tert-OH is 1. The van der Waals surface area contributed by atoms with Gasteiger partial charge in [0.2, 0.25) is 5.95 Å². The van der Waals surface area contributed by atoms with E-state index in [1.54, 1.807) is 13.3 Å². The van der Waals surface area contributed by atoms with E-state index in [4.69, 9.17) is 11.2 Å². The molecular weight excluding hydrogens is 304 g/mol. The molecule has 0 radical (unpaired) electrons. The first-order valence-corrected chi connectivity index (χ1v) is 8.41. The maximum Gasteiger partial charge on any atom is 0.241 e. The summed E-state index contributed by atoms with van der Waals surface area (Å²) >= 11 is 0. The molecule has 3 rings (SSSR count). The van der Waals surface area contributed by atoms with Gasteiger partial charge in [-0.05, 0) is 38.7 Å². The first-order chi connectivity index (χ1) is 11.6. The molecule has 24 heavy (non-hydrogen) atoms. The van der Waals surface area contributed by atoms with E-state index in [0.717, 1.165) is 42.5 Å². The maximum absolute atomic E-state index is 9.75. The van der Waals surface area contributed by atoms with Crippen molar-refractivity contribution in [3.05, 3.63) is 23.5 Å². The molecular formula is C18H24N4O2. The molecule has 2 N–H and O–H groups in total. The molecule has 0 amide bonds. The summed E-state index contributed by atoms with van der Waals surface area (Å²) < 4.78 is 7.05. The molecule has 1 unspecified atom stereocenters. The third-order valence-corrected chi connectivity index (χ3v) is 4.61. The SMILES string of the molecule is C#Cc1cc(C2CCC(O)CC2)n2nc(NC(C)COC)ncc12. The number of anilines is 1. The third-order valence-electron chi connectivity index (χ3n) is 4.61. The van der Waals surface area contributed by atoms with E-state index in [0.29, 0.717) is 18.5 Å². The zero-order valence-electron chi connectivity index (χ0n) is 14.2. The predicted octanol–water partition coefficient (Wildman–Crippen LogP) is 2.18. The lowest BCUT2D eigenvalue weighted by Crippen LogP contribution is -2.23. The Morgan fingerprint density at radius 3 is 2.88 bits per heavy atom. The van der Waals surface area contributed by atoms with Gasteiger partial charge in [-0.15, -0.1) is 11.5 Å². The van der Waals surface area contributed by atoms with Crippen LogP contribution in [-0.4, -0.2) is 45.6 Å². The highest BCUT2D eigenvalue weighted by atomic mass is 16.5. The lowest BCUT2D eigenvalue weighted by Gasteiger charge is -2.25. The number of nitrogens with one attached hydrogen (secondary N) is 1. The predicted molar refractivity (Wildman–Crippen MR) is 93.1 cm³/mol. The van der Waals surface area contributed by atoms with Crippen molar-refractivity contribution in [2.24, 2.45) is 0 Å². The molecule has 0 spiro atoms. The average molecular weight is 328 g/mol. The van der Waals surface area contributed by atoms with E-state index in [9.17, 15) is 5.11 Å². The average Bonchev–Trinajstić information content (AvgIpc) is 2.94. The van der Waals surface area contributed by atoms with Gasteiger partial charge in [0, 0.05) is 24.8 Å². The summed E-state index contributed by atoms with van der Waals surface area (Å²) in [5.74, 6) is 3.65. The van der Waals surface area contributed by atoms with Gasteiger partial charge in [0.05, 0.1) is 30.0 Å². The van der Waals surface area contributed by atoms with Crippen LogP contribution in [0.25, 0.3) is 5.52 Å². The van der Waals surface area contributed by atoms with Crippen LogP contribution >= 0.6 is 0 Å². The quantitative estimate of drug-likeness (QED) is 0.823. The van der Waals surface area contributed by atoms with Crippen LogP contribution in [0.15, 0.2) is 12.3 Å². The topological polar surface area (TPSA) is 71.7 Å². The minimum atomic E-state index is -0.179. The molecule has 6 heteroatoms. The highest BCUT2D eigenvalue weighted by Gasteiger charge is 2.25. The molecule has 1 aliphatic rings. The van der Waals surface area contributed by atoms with E-state index >= 15 is 0 Å². The van der Waals surface area contributed by atoms with E-state index in [2.05, 4.69) is 21.3 Å². The Morgan fingerprint density at radius 2 is 2.21 bits per heavy atom. The van der Waals surface area contributed by atoms with Crippen LogP contribution in [-0.2, 0) is 4.74 Å². The molecule has 2 heterocycles. The number of fused-ring (bicyclic) bond motifs is 1. The van der Waals surface area contributed by atoms with E-state index in [1.165, 1.54) is 0 Å². The fourth-order valence-electron chi connectivity index (χ4n) is 3.37. The van der Waals surface area contributed by atoms with Gasteiger partial charge in [0.1, 0.15) is 0 Å². The molecule has 2 aromatic heterocycles. The highest BCUT2D eigenvalue weighted by molar-refractivity contribution is 5.63. The van der Waals surface area contributed by atoms with Crippen molar-refractivity contribution in [3.8, 4) is 12.3 Å². The number of nitrogens with zero attached hydrogens (tertiary/aromatic N) is 3. The Hall–Kier alpha value is -2.10. The minimum Gasteiger partial charge on any atom is -0.393 e. The molecule has 1 saturated carbocycles. The van der Waals surface area contributed by atoms with Gasteiger partial charge >= 0.3 is 0 Å². The van der Waals surface area contributed by atoms with Crippen LogP contribution in [0, 0.1) is 12.3 Å². The number of hydrogen-bond acceptors (Lipinski definition) is 5. The Morgan fingerprint density at radius 1 is 1.46 bits per heavy atom. The van der Waals surface area contributed by atoms with Crippen molar-refractivity contribution in [1.29, 1.82) is 0 Å². The lowest BCUT2D eigenvalue weighted by molar-refractivity contribution is 0.121. The fourth-order valence-corrected chi connectivity index (χ4v) is 3.37. The smallest absolute Gasteiger partial charge is 0.241 e. The fraction of sp³-hybridized carbons (Fsp3) is 0.556. The van der Waals surface area contributed by atoms with Crippen molar-refractivity contribution in [2.75, 3.05) is 19.0 Å². The number of methoxy groups -OCH3 is 1. The van der Waals surface area contributed by atoms with Crippen molar-refractivity contribution in [1.82, 2.24) is 14.6 Å². The molecule has 1 atom stereocenters. The first kappa shape index (κ1) is 16.7. The van der Waals surface area contributed by atoms with E-state index < -0.39 is 0 Å². The minimum absolute atomic E-state index is 0.114. The Labute approximate surface area is 142 Å². The summed E-state index contributed by atoms with van der Waals surface area (Å²) in [6, 6.07) is 2.15. The van der Waals surface area contributed by atoms with E-state index in [1.807, 2.05) is 17.5 Å². The molecule has 0 bridgehead atoms. The van der Waals surface area contributed by atoms with E-state index in [-0.39, 0.29) is 12.1 Å². The molecule has 6 nitrogen and oxygen atoms in total. The normalized spacial score (nSPS) is 22.2. The molecule has 1 fully saturated rings. The Balaban J connectivity index is 1.94. The van der Waals surface area contributed by atoms with Gasteiger partial charge in [0.25, 0.3) is 0 Å². The number of hydrogen-bond donors (Lipinski definition) is 2. The first-order valence-electron chi connectivity index (χ1n) is 8.41. The monoisotopic (exact) mass is 328 g/mol. The molecule has 0 saturated heterocycles. The summed E-state index contributed by atoms with van der Waals surface area (Å²) in [7, 11) is 1.67. The third kappa shape index (κ3) is 3.37. The largest absolute Gasteiger partial charge is 0.393 e. The summed E-state index contributed by atoms with van der Waals surface area (Å²) in [6.07, 6.45) is 10.8. The molecule has 1 aliphatic carbocycles. The summed E-state index contributed by atoms with van der Waals surface area (Å²) in [6.45, 7) is 2.60. The second-order valence-electron chi connectivity index (χ2n) is 6.51. The Kier molecular flexibility index (Phi) is 5.03. The number of aliphatic hydroxyl groups is 1. The number of terminal acetylenes is 1. The van der Waals surface area contributed by atoms with Crippen LogP contribution in [0.4, 0.5) is 5.95 Å². The van der Waals surface area contributed by atoms with Crippen molar-refractivity contribution in [2.45, 2.75) is 50.7 Å². The molecule has 128 valence electrons. The zero-order chi connectivity index (χ0) is 17.1. The van der Waals surface area contributed by atoms with Crippen molar-refractivity contribution in [3.63, 3.8) is 0 Å². The van der Waals surface area contributed by atoms with Crippen LogP contribution in [0.5, 0.6) is 0 Å². The maximum atomic E-state index is 9.75. The van der Waals surface area contributed by atoms with Crippen LogP contribution in [0.1, 0.15) is 49.8 Å².